The summed E-state index contributed by atoms with van der Waals surface area (Å²) in [4.78, 5) is 0. The van der Waals surface area contributed by atoms with Crippen molar-refractivity contribution in [2.24, 2.45) is 0 Å². The Morgan fingerprint density at radius 2 is 2.08 bits per heavy atom. The fourth-order valence-corrected chi connectivity index (χ4v) is 2.11. The second-order valence-corrected chi connectivity index (χ2v) is 4.61. The van der Waals surface area contributed by atoms with Crippen LogP contribution in [0.1, 0.15) is 43.7 Å². The molecule has 1 heteroatoms. The molecule has 13 heavy (non-hydrogen) atoms. The van der Waals surface area contributed by atoms with E-state index in [1.807, 2.05) is 0 Å². The Labute approximate surface area is 89.5 Å². The molecule has 0 aromatic heterocycles. The van der Waals surface area contributed by atoms with Gasteiger partial charge in [0, 0.05) is 4.47 Å². The molecule has 0 amide bonds. The van der Waals surface area contributed by atoms with Gasteiger partial charge in [-0.15, -0.1) is 0 Å². The van der Waals surface area contributed by atoms with Gasteiger partial charge in [-0.3, -0.25) is 0 Å². The highest BCUT2D eigenvalue weighted by Crippen LogP contribution is 2.26. The number of benzene rings is 1. The molecule has 0 radical (unpaired) electrons. The molecule has 1 rings (SSSR count). The topological polar surface area (TPSA) is 0 Å². The van der Waals surface area contributed by atoms with Crippen LogP contribution < -0.4 is 0 Å². The zero-order valence-corrected chi connectivity index (χ0v) is 10.2. The maximum absolute atomic E-state index is 3.52. The molecule has 0 aliphatic rings. The molecule has 0 spiro atoms. The van der Waals surface area contributed by atoms with Crippen LogP contribution in [0.3, 0.4) is 0 Å². The minimum atomic E-state index is 0.683. The summed E-state index contributed by atoms with van der Waals surface area (Å²) < 4.78 is 1.19. The van der Waals surface area contributed by atoms with Crippen molar-refractivity contribution in [2.75, 3.05) is 0 Å². The molecule has 0 aliphatic heterocycles. The highest BCUT2D eigenvalue weighted by molar-refractivity contribution is 9.10. The van der Waals surface area contributed by atoms with Crippen LogP contribution in [0.15, 0.2) is 22.7 Å². The first kappa shape index (κ1) is 10.8. The third kappa shape index (κ3) is 2.84. The highest BCUT2D eigenvalue weighted by atomic mass is 79.9. The molecule has 0 N–H and O–H groups in total. The van der Waals surface area contributed by atoms with E-state index < -0.39 is 0 Å². The smallest absolute Gasteiger partial charge is 0.0178 e. The van der Waals surface area contributed by atoms with E-state index in [0.29, 0.717) is 5.92 Å². The van der Waals surface area contributed by atoms with Gasteiger partial charge in [0.25, 0.3) is 0 Å². The molecule has 72 valence electrons. The SMILES string of the molecule is CCCC(C)c1cc(Br)ccc1C. The van der Waals surface area contributed by atoms with Gasteiger partial charge in [-0.25, -0.2) is 0 Å². The van der Waals surface area contributed by atoms with Gasteiger partial charge >= 0.3 is 0 Å². The van der Waals surface area contributed by atoms with Crippen molar-refractivity contribution in [3.05, 3.63) is 33.8 Å². The largest absolute Gasteiger partial charge is 0.0654 e. The van der Waals surface area contributed by atoms with Gasteiger partial charge in [-0.05, 0) is 42.5 Å². The summed E-state index contributed by atoms with van der Waals surface area (Å²) in [7, 11) is 0. The molecule has 0 saturated carbocycles. The fourth-order valence-electron chi connectivity index (χ4n) is 1.73. The van der Waals surface area contributed by atoms with Crippen LogP contribution >= 0.6 is 15.9 Å². The molecule has 0 saturated heterocycles. The van der Waals surface area contributed by atoms with Crippen LogP contribution in [0.5, 0.6) is 0 Å². The Kier molecular flexibility index (Phi) is 3.98. The lowest BCUT2D eigenvalue weighted by Crippen LogP contribution is -1.95. The zero-order chi connectivity index (χ0) is 9.84. The molecule has 1 aromatic rings. The number of aryl methyl sites for hydroxylation is 1. The van der Waals surface area contributed by atoms with E-state index >= 15 is 0 Å². The Bertz CT molecular complexity index is 278. The van der Waals surface area contributed by atoms with Crippen molar-refractivity contribution in [2.45, 2.75) is 39.5 Å². The third-order valence-corrected chi connectivity index (χ3v) is 2.99. The Balaban J connectivity index is 2.91. The Morgan fingerprint density at radius 3 is 2.69 bits per heavy atom. The van der Waals surface area contributed by atoms with Crippen molar-refractivity contribution < 1.29 is 0 Å². The lowest BCUT2D eigenvalue weighted by molar-refractivity contribution is 0.661. The first-order chi connectivity index (χ1) is 6.15. The van der Waals surface area contributed by atoms with E-state index in [2.05, 4.69) is 54.9 Å². The fraction of sp³-hybridized carbons (Fsp3) is 0.500. The molecule has 1 atom stereocenters. The second kappa shape index (κ2) is 4.80. The van der Waals surface area contributed by atoms with E-state index in [-0.39, 0.29) is 0 Å². The van der Waals surface area contributed by atoms with E-state index in [4.69, 9.17) is 0 Å². The van der Waals surface area contributed by atoms with E-state index in [1.165, 1.54) is 28.4 Å². The van der Waals surface area contributed by atoms with E-state index in [9.17, 15) is 0 Å². The van der Waals surface area contributed by atoms with Gasteiger partial charge in [0.15, 0.2) is 0 Å². The quantitative estimate of drug-likeness (QED) is 0.721. The van der Waals surface area contributed by atoms with Crippen molar-refractivity contribution in [3.8, 4) is 0 Å². The van der Waals surface area contributed by atoms with Crippen LogP contribution in [0.4, 0.5) is 0 Å². The lowest BCUT2D eigenvalue weighted by Gasteiger charge is -2.13. The molecular formula is C12H17Br. The molecule has 0 heterocycles. The van der Waals surface area contributed by atoms with Crippen LogP contribution in [0.2, 0.25) is 0 Å². The molecule has 1 aromatic carbocycles. The first-order valence-electron chi connectivity index (χ1n) is 4.91. The van der Waals surface area contributed by atoms with Crippen LogP contribution in [-0.4, -0.2) is 0 Å². The van der Waals surface area contributed by atoms with Gasteiger partial charge in [0.1, 0.15) is 0 Å². The number of hydrogen-bond donors (Lipinski definition) is 0. The van der Waals surface area contributed by atoms with Gasteiger partial charge < -0.3 is 0 Å². The van der Waals surface area contributed by atoms with Crippen molar-refractivity contribution in [1.82, 2.24) is 0 Å². The molecule has 1 unspecified atom stereocenters. The maximum atomic E-state index is 3.52. The van der Waals surface area contributed by atoms with E-state index in [1.54, 1.807) is 0 Å². The van der Waals surface area contributed by atoms with Gasteiger partial charge in [-0.2, -0.15) is 0 Å². The highest BCUT2D eigenvalue weighted by Gasteiger charge is 2.07. The van der Waals surface area contributed by atoms with Crippen molar-refractivity contribution in [3.63, 3.8) is 0 Å². The van der Waals surface area contributed by atoms with Crippen LogP contribution in [0.25, 0.3) is 0 Å². The molecule has 0 aliphatic carbocycles. The number of halogens is 1. The first-order valence-corrected chi connectivity index (χ1v) is 5.70. The summed E-state index contributed by atoms with van der Waals surface area (Å²) in [5.41, 5.74) is 2.89. The predicted octanol–water partition coefficient (Wildman–Crippen LogP) is 4.66. The summed E-state index contributed by atoms with van der Waals surface area (Å²) in [6, 6.07) is 6.54. The van der Waals surface area contributed by atoms with Crippen LogP contribution in [0, 0.1) is 6.92 Å². The average molecular weight is 241 g/mol. The number of rotatable bonds is 3. The second-order valence-electron chi connectivity index (χ2n) is 3.69. The predicted molar refractivity (Wildman–Crippen MR) is 62.2 cm³/mol. The summed E-state index contributed by atoms with van der Waals surface area (Å²) in [6.45, 7) is 6.73. The Morgan fingerprint density at radius 1 is 1.38 bits per heavy atom. The standard InChI is InChI=1S/C12H17Br/c1-4-5-9(2)12-8-11(13)7-6-10(12)3/h6-9H,4-5H2,1-3H3. The van der Waals surface area contributed by atoms with Crippen LogP contribution in [-0.2, 0) is 0 Å². The lowest BCUT2D eigenvalue weighted by atomic mass is 9.93. The summed E-state index contributed by atoms with van der Waals surface area (Å²) >= 11 is 3.52. The monoisotopic (exact) mass is 240 g/mol. The maximum Gasteiger partial charge on any atom is 0.0178 e. The molecular weight excluding hydrogens is 224 g/mol. The third-order valence-electron chi connectivity index (χ3n) is 2.49. The van der Waals surface area contributed by atoms with E-state index in [0.717, 1.165) is 0 Å². The van der Waals surface area contributed by atoms with Gasteiger partial charge in [0.05, 0.1) is 0 Å². The minimum absolute atomic E-state index is 0.683. The van der Waals surface area contributed by atoms with Gasteiger partial charge in [0.2, 0.25) is 0 Å². The van der Waals surface area contributed by atoms with Crippen molar-refractivity contribution in [1.29, 1.82) is 0 Å². The Hall–Kier alpha value is -0.300. The van der Waals surface area contributed by atoms with Crippen molar-refractivity contribution >= 4 is 15.9 Å². The summed E-state index contributed by atoms with van der Waals surface area (Å²) in [6.07, 6.45) is 2.53. The summed E-state index contributed by atoms with van der Waals surface area (Å²) in [5, 5.41) is 0. The number of hydrogen-bond acceptors (Lipinski definition) is 0. The van der Waals surface area contributed by atoms with Gasteiger partial charge in [-0.1, -0.05) is 42.3 Å². The zero-order valence-electron chi connectivity index (χ0n) is 8.60. The average Bonchev–Trinajstić information content (AvgIpc) is 2.09. The molecule has 0 nitrogen and oxygen atoms in total. The molecule has 0 bridgehead atoms. The molecule has 0 fully saturated rings. The summed E-state index contributed by atoms with van der Waals surface area (Å²) in [5.74, 6) is 0.683. The normalized spacial score (nSPS) is 12.9. The minimum Gasteiger partial charge on any atom is -0.0654 e.